The minimum Gasteiger partial charge on any atom is -0.368 e. The number of carbonyl (C=O) groups is 1. The van der Waals surface area contributed by atoms with E-state index in [4.69, 9.17) is 4.74 Å². The zero-order valence-corrected chi connectivity index (χ0v) is 13.2. The van der Waals surface area contributed by atoms with Crippen LogP contribution in [0.4, 0.5) is 0 Å². The third kappa shape index (κ3) is 4.07. The third-order valence-corrected chi connectivity index (χ3v) is 4.82. The summed E-state index contributed by atoms with van der Waals surface area (Å²) in [6, 6.07) is 3.98. The van der Waals surface area contributed by atoms with Crippen molar-refractivity contribution in [1.29, 1.82) is 0 Å². The van der Waals surface area contributed by atoms with E-state index in [0.717, 1.165) is 31.6 Å². The van der Waals surface area contributed by atoms with Gasteiger partial charge in [0, 0.05) is 32.1 Å². The van der Waals surface area contributed by atoms with E-state index in [1.165, 1.54) is 32.1 Å². The molecule has 3 rings (SSSR count). The molecule has 4 nitrogen and oxygen atoms in total. The lowest BCUT2D eigenvalue weighted by molar-refractivity contribution is -0.142. The molecule has 0 unspecified atom stereocenters. The number of carbonyl (C=O) groups excluding carboxylic acids is 1. The van der Waals surface area contributed by atoms with Gasteiger partial charge in [0.15, 0.2) is 0 Å². The molecular formula is C18H26N2O2. The van der Waals surface area contributed by atoms with E-state index in [-0.39, 0.29) is 12.0 Å². The molecule has 0 N–H and O–H groups in total. The molecule has 4 heteroatoms. The van der Waals surface area contributed by atoms with Gasteiger partial charge in [-0.3, -0.25) is 9.78 Å². The number of ether oxygens (including phenoxy) is 1. The molecule has 1 saturated carbocycles. The maximum atomic E-state index is 12.8. The molecule has 1 amide bonds. The van der Waals surface area contributed by atoms with Gasteiger partial charge in [-0.2, -0.15) is 0 Å². The van der Waals surface area contributed by atoms with Crippen LogP contribution in [0.2, 0.25) is 0 Å². The fourth-order valence-electron chi connectivity index (χ4n) is 3.60. The molecule has 22 heavy (non-hydrogen) atoms. The lowest BCUT2D eigenvalue weighted by Gasteiger charge is -2.31. The molecule has 1 aromatic heterocycles. The Morgan fingerprint density at radius 2 is 2.09 bits per heavy atom. The molecule has 120 valence electrons. The second kappa shape index (κ2) is 7.73. The summed E-state index contributed by atoms with van der Waals surface area (Å²) in [6.07, 6.45) is 11.7. The Labute approximate surface area is 132 Å². The molecule has 0 aromatic carbocycles. The van der Waals surface area contributed by atoms with Gasteiger partial charge in [0.25, 0.3) is 5.91 Å². The van der Waals surface area contributed by atoms with Crippen LogP contribution in [0, 0.1) is 5.92 Å². The molecule has 0 bridgehead atoms. The van der Waals surface area contributed by atoms with Crippen LogP contribution in [0.15, 0.2) is 24.5 Å². The van der Waals surface area contributed by atoms with Crippen LogP contribution < -0.4 is 0 Å². The van der Waals surface area contributed by atoms with E-state index in [1.807, 2.05) is 23.2 Å². The topological polar surface area (TPSA) is 42.4 Å². The fraction of sp³-hybridized carbons (Fsp3) is 0.667. The molecule has 1 aliphatic heterocycles. The van der Waals surface area contributed by atoms with Crippen molar-refractivity contribution < 1.29 is 9.53 Å². The van der Waals surface area contributed by atoms with Crippen LogP contribution in [-0.4, -0.2) is 35.0 Å². The minimum atomic E-state index is -0.222. The Kier molecular flexibility index (Phi) is 5.43. The maximum absolute atomic E-state index is 12.8. The van der Waals surface area contributed by atoms with E-state index in [0.29, 0.717) is 12.5 Å². The standard InChI is InChI=1S/C18H26N2O2/c21-18(17-9-5-11-22-17)20(13-15-6-2-1-3-7-15)14-16-8-4-10-19-12-16/h4,8,10,12,15,17H,1-3,5-7,9,11,13-14H2/t17-/m0/s1. The number of hydrogen-bond acceptors (Lipinski definition) is 3. The maximum Gasteiger partial charge on any atom is 0.252 e. The number of aromatic nitrogens is 1. The van der Waals surface area contributed by atoms with Crippen molar-refractivity contribution in [3.63, 3.8) is 0 Å². The van der Waals surface area contributed by atoms with Gasteiger partial charge in [0.2, 0.25) is 0 Å². The zero-order valence-electron chi connectivity index (χ0n) is 13.2. The highest BCUT2D eigenvalue weighted by Crippen LogP contribution is 2.26. The summed E-state index contributed by atoms with van der Waals surface area (Å²) in [5.41, 5.74) is 1.10. The summed E-state index contributed by atoms with van der Waals surface area (Å²) >= 11 is 0. The lowest BCUT2D eigenvalue weighted by Crippen LogP contribution is -2.41. The van der Waals surface area contributed by atoms with Gasteiger partial charge < -0.3 is 9.64 Å². The van der Waals surface area contributed by atoms with Crippen molar-refractivity contribution >= 4 is 5.91 Å². The van der Waals surface area contributed by atoms with Crippen LogP contribution in [0.25, 0.3) is 0 Å². The summed E-state index contributed by atoms with van der Waals surface area (Å²) in [6.45, 7) is 2.25. The molecule has 1 atom stereocenters. The number of rotatable bonds is 5. The number of hydrogen-bond donors (Lipinski definition) is 0. The van der Waals surface area contributed by atoms with Gasteiger partial charge in [0.05, 0.1) is 0 Å². The van der Waals surface area contributed by atoms with Crippen LogP contribution >= 0.6 is 0 Å². The molecule has 1 aliphatic carbocycles. The first-order chi connectivity index (χ1) is 10.8. The van der Waals surface area contributed by atoms with Gasteiger partial charge >= 0.3 is 0 Å². The van der Waals surface area contributed by atoms with Crippen molar-refractivity contribution in [3.05, 3.63) is 30.1 Å². The monoisotopic (exact) mass is 302 g/mol. The van der Waals surface area contributed by atoms with Gasteiger partial charge in [-0.05, 0) is 43.2 Å². The Bertz CT molecular complexity index is 465. The van der Waals surface area contributed by atoms with Crippen LogP contribution in [0.5, 0.6) is 0 Å². The summed E-state index contributed by atoms with van der Waals surface area (Å²) < 4.78 is 5.62. The second-order valence-corrected chi connectivity index (χ2v) is 6.59. The zero-order chi connectivity index (χ0) is 15.2. The second-order valence-electron chi connectivity index (χ2n) is 6.59. The van der Waals surface area contributed by atoms with Gasteiger partial charge in [-0.1, -0.05) is 25.3 Å². The Morgan fingerprint density at radius 1 is 1.23 bits per heavy atom. The van der Waals surface area contributed by atoms with E-state index in [2.05, 4.69) is 4.98 Å². The predicted molar refractivity (Wildman–Crippen MR) is 85.2 cm³/mol. The molecular weight excluding hydrogens is 276 g/mol. The van der Waals surface area contributed by atoms with Gasteiger partial charge in [-0.15, -0.1) is 0 Å². The van der Waals surface area contributed by atoms with Crippen LogP contribution in [0.1, 0.15) is 50.5 Å². The fourth-order valence-corrected chi connectivity index (χ4v) is 3.60. The van der Waals surface area contributed by atoms with E-state index in [1.54, 1.807) is 6.20 Å². The smallest absolute Gasteiger partial charge is 0.252 e. The number of amides is 1. The van der Waals surface area contributed by atoms with E-state index in [9.17, 15) is 4.79 Å². The van der Waals surface area contributed by atoms with Crippen LogP contribution in [0.3, 0.4) is 0 Å². The first kappa shape index (κ1) is 15.5. The normalized spacial score (nSPS) is 22.6. The van der Waals surface area contributed by atoms with Crippen molar-refractivity contribution in [2.75, 3.05) is 13.2 Å². The average molecular weight is 302 g/mol. The summed E-state index contributed by atoms with van der Waals surface area (Å²) in [5, 5.41) is 0. The average Bonchev–Trinajstić information content (AvgIpc) is 3.10. The van der Waals surface area contributed by atoms with E-state index < -0.39 is 0 Å². The Morgan fingerprint density at radius 3 is 2.77 bits per heavy atom. The summed E-state index contributed by atoms with van der Waals surface area (Å²) in [7, 11) is 0. The molecule has 2 heterocycles. The van der Waals surface area contributed by atoms with Crippen LogP contribution in [-0.2, 0) is 16.1 Å². The number of nitrogens with zero attached hydrogens (tertiary/aromatic N) is 2. The SMILES string of the molecule is O=C([C@@H]1CCCO1)N(Cc1cccnc1)CC1CCCCC1. The van der Waals surface area contributed by atoms with Crippen molar-refractivity contribution in [1.82, 2.24) is 9.88 Å². The molecule has 0 spiro atoms. The first-order valence-electron chi connectivity index (χ1n) is 8.62. The third-order valence-electron chi connectivity index (χ3n) is 4.82. The quantitative estimate of drug-likeness (QED) is 0.839. The van der Waals surface area contributed by atoms with Gasteiger partial charge in [-0.25, -0.2) is 0 Å². The highest BCUT2D eigenvalue weighted by atomic mass is 16.5. The van der Waals surface area contributed by atoms with Gasteiger partial charge in [0.1, 0.15) is 6.10 Å². The summed E-state index contributed by atoms with van der Waals surface area (Å²) in [4.78, 5) is 19.0. The predicted octanol–water partition coefficient (Wildman–Crippen LogP) is 3.17. The first-order valence-corrected chi connectivity index (χ1v) is 8.62. The van der Waals surface area contributed by atoms with Crippen molar-refractivity contribution in [3.8, 4) is 0 Å². The Hall–Kier alpha value is -1.42. The molecule has 0 radical (unpaired) electrons. The molecule has 1 saturated heterocycles. The Balaban J connectivity index is 1.67. The molecule has 1 aromatic rings. The molecule has 2 aliphatic rings. The minimum absolute atomic E-state index is 0.173. The highest BCUT2D eigenvalue weighted by Gasteiger charge is 2.30. The van der Waals surface area contributed by atoms with Crippen molar-refractivity contribution in [2.45, 2.75) is 57.6 Å². The van der Waals surface area contributed by atoms with E-state index >= 15 is 0 Å². The largest absolute Gasteiger partial charge is 0.368 e. The molecule has 2 fully saturated rings. The lowest BCUT2D eigenvalue weighted by atomic mass is 9.88. The highest BCUT2D eigenvalue weighted by molar-refractivity contribution is 5.81. The summed E-state index contributed by atoms with van der Waals surface area (Å²) in [5.74, 6) is 0.822. The number of pyridine rings is 1. The van der Waals surface area contributed by atoms with Crippen molar-refractivity contribution in [2.24, 2.45) is 5.92 Å².